The molecule has 12 heteroatoms. The first-order chi connectivity index (χ1) is 18.1. The van der Waals surface area contributed by atoms with Crippen molar-refractivity contribution < 1.29 is 14.4 Å². The van der Waals surface area contributed by atoms with Gasteiger partial charge in [0, 0.05) is 30.6 Å². The first-order valence-electron chi connectivity index (χ1n) is 12.1. The largest absolute Gasteiger partial charge is 0.357 e. The molecule has 2 aromatic heterocycles. The van der Waals surface area contributed by atoms with Gasteiger partial charge in [-0.25, -0.2) is 9.67 Å². The van der Waals surface area contributed by atoms with Gasteiger partial charge in [-0.3, -0.25) is 14.4 Å². The molecule has 0 unspecified atom stereocenters. The zero-order valence-electron chi connectivity index (χ0n) is 20.9. The van der Waals surface area contributed by atoms with Gasteiger partial charge in [-0.1, -0.05) is 40.9 Å². The Kier molecular flexibility index (Phi) is 7.11. The fraction of sp³-hybridized carbons (Fsp3) is 0.346. The van der Waals surface area contributed by atoms with Crippen LogP contribution in [0.1, 0.15) is 63.7 Å². The van der Waals surface area contributed by atoms with Gasteiger partial charge >= 0.3 is 0 Å². The Morgan fingerprint density at radius 2 is 1.89 bits per heavy atom. The van der Waals surface area contributed by atoms with E-state index in [9.17, 15) is 14.4 Å². The maximum atomic E-state index is 14.0. The number of pyridine rings is 1. The van der Waals surface area contributed by atoms with Crippen molar-refractivity contribution in [3.63, 3.8) is 0 Å². The zero-order valence-corrected chi connectivity index (χ0v) is 23.2. The second-order valence-electron chi connectivity index (χ2n) is 9.48. The fourth-order valence-electron chi connectivity index (χ4n) is 5.07. The van der Waals surface area contributed by atoms with Crippen LogP contribution < -0.4 is 5.32 Å². The standard InChI is InChI=1S/C26H25Cl3N6O3/c1-13-9-20-16(11-33(13)25(37)15-7-8-17(27)18(28)10-15)23-26(38)34(12-21(24(36)30-3)35(23)32-20)14(2)19-5-4-6-22(29)31-19/h4-8,10,13-14,21H,9,11-12H2,1-3H3,(H,30,36)/t13-,14-,21+/m1/s1. The molecule has 5 rings (SSSR count). The van der Waals surface area contributed by atoms with E-state index in [-0.39, 0.29) is 41.9 Å². The molecular formula is C26H25Cl3N6O3. The van der Waals surface area contributed by atoms with Gasteiger partial charge < -0.3 is 15.1 Å². The number of halogens is 3. The quantitative estimate of drug-likeness (QED) is 0.467. The van der Waals surface area contributed by atoms with E-state index in [0.717, 1.165) is 0 Å². The lowest BCUT2D eigenvalue weighted by Crippen LogP contribution is -2.49. The minimum Gasteiger partial charge on any atom is -0.357 e. The second-order valence-corrected chi connectivity index (χ2v) is 10.7. The van der Waals surface area contributed by atoms with E-state index >= 15 is 0 Å². The number of carbonyl (C=O) groups is 3. The highest BCUT2D eigenvalue weighted by molar-refractivity contribution is 6.42. The summed E-state index contributed by atoms with van der Waals surface area (Å²) in [7, 11) is 1.55. The summed E-state index contributed by atoms with van der Waals surface area (Å²) in [4.78, 5) is 48.1. The summed E-state index contributed by atoms with van der Waals surface area (Å²) in [5, 5.41) is 8.35. The summed E-state index contributed by atoms with van der Waals surface area (Å²) in [6.45, 7) is 4.05. The molecule has 198 valence electrons. The van der Waals surface area contributed by atoms with Crippen molar-refractivity contribution in [3.8, 4) is 0 Å². The van der Waals surface area contributed by atoms with E-state index in [1.54, 1.807) is 47.2 Å². The van der Waals surface area contributed by atoms with Crippen LogP contribution in [0.25, 0.3) is 0 Å². The SMILES string of the molecule is CNC(=O)[C@@H]1CN([C@H](C)c2cccc(Cl)n2)C(=O)c2c3c(nn21)C[C@@H](C)N(C(=O)c1ccc(Cl)c(Cl)c1)C3. The lowest BCUT2D eigenvalue weighted by atomic mass is 9.96. The van der Waals surface area contributed by atoms with Crippen LogP contribution in [0.2, 0.25) is 15.2 Å². The highest BCUT2D eigenvalue weighted by Gasteiger charge is 2.43. The highest BCUT2D eigenvalue weighted by atomic mass is 35.5. The maximum absolute atomic E-state index is 14.0. The summed E-state index contributed by atoms with van der Waals surface area (Å²) in [5.41, 5.74) is 2.63. The molecule has 0 fully saturated rings. The van der Waals surface area contributed by atoms with Crippen LogP contribution in [0.3, 0.4) is 0 Å². The molecule has 1 aromatic carbocycles. The molecule has 0 aliphatic carbocycles. The van der Waals surface area contributed by atoms with Crippen molar-refractivity contribution in [2.24, 2.45) is 0 Å². The lowest BCUT2D eigenvalue weighted by Gasteiger charge is -2.37. The van der Waals surface area contributed by atoms with Gasteiger partial charge in [-0.05, 0) is 44.2 Å². The summed E-state index contributed by atoms with van der Waals surface area (Å²) < 4.78 is 1.51. The second kappa shape index (κ2) is 10.2. The van der Waals surface area contributed by atoms with Crippen molar-refractivity contribution in [2.45, 2.75) is 44.9 Å². The Hall–Kier alpha value is -3.14. The van der Waals surface area contributed by atoms with E-state index in [1.807, 2.05) is 13.8 Å². The maximum Gasteiger partial charge on any atom is 0.273 e. The van der Waals surface area contributed by atoms with Gasteiger partial charge in [0.2, 0.25) is 5.91 Å². The van der Waals surface area contributed by atoms with Gasteiger partial charge in [0.05, 0.1) is 40.6 Å². The smallest absolute Gasteiger partial charge is 0.273 e. The van der Waals surface area contributed by atoms with E-state index in [1.165, 1.54) is 10.7 Å². The number of carbonyl (C=O) groups excluding carboxylic acids is 3. The number of hydrogen-bond acceptors (Lipinski definition) is 5. The Labute approximate surface area is 234 Å². The minimum atomic E-state index is -0.741. The number of likely N-dealkylation sites (N-methyl/N-ethyl adjacent to an activating group) is 1. The third-order valence-electron chi connectivity index (χ3n) is 7.18. The molecule has 9 nitrogen and oxygen atoms in total. The molecule has 0 saturated heterocycles. The molecule has 2 aliphatic heterocycles. The van der Waals surface area contributed by atoms with E-state index < -0.39 is 12.1 Å². The van der Waals surface area contributed by atoms with Crippen molar-refractivity contribution in [1.29, 1.82) is 0 Å². The summed E-state index contributed by atoms with van der Waals surface area (Å²) in [6, 6.07) is 8.58. The Morgan fingerprint density at radius 1 is 1.13 bits per heavy atom. The van der Waals surface area contributed by atoms with E-state index in [2.05, 4.69) is 10.3 Å². The predicted octanol–water partition coefficient (Wildman–Crippen LogP) is 4.33. The fourth-order valence-corrected chi connectivity index (χ4v) is 5.54. The van der Waals surface area contributed by atoms with Gasteiger partial charge in [-0.15, -0.1) is 0 Å². The van der Waals surface area contributed by atoms with Gasteiger partial charge in [-0.2, -0.15) is 5.10 Å². The molecule has 4 heterocycles. The Balaban J connectivity index is 1.55. The molecule has 38 heavy (non-hydrogen) atoms. The van der Waals surface area contributed by atoms with Gasteiger partial charge in [0.1, 0.15) is 16.9 Å². The molecule has 3 amide bonds. The van der Waals surface area contributed by atoms with Crippen molar-refractivity contribution in [2.75, 3.05) is 13.6 Å². The highest BCUT2D eigenvalue weighted by Crippen LogP contribution is 2.35. The van der Waals surface area contributed by atoms with Crippen molar-refractivity contribution in [1.82, 2.24) is 29.9 Å². The monoisotopic (exact) mass is 574 g/mol. The first-order valence-corrected chi connectivity index (χ1v) is 13.2. The number of benzene rings is 1. The summed E-state index contributed by atoms with van der Waals surface area (Å²) in [5.74, 6) is -0.794. The molecule has 0 saturated carbocycles. The third-order valence-corrected chi connectivity index (χ3v) is 8.13. The number of amides is 3. The minimum absolute atomic E-state index is 0.114. The van der Waals surface area contributed by atoms with E-state index in [4.69, 9.17) is 39.9 Å². The molecule has 2 aliphatic rings. The molecule has 0 spiro atoms. The Morgan fingerprint density at radius 3 is 2.58 bits per heavy atom. The predicted molar refractivity (Wildman–Crippen MR) is 144 cm³/mol. The van der Waals surface area contributed by atoms with Crippen molar-refractivity contribution >= 4 is 52.5 Å². The number of fused-ring (bicyclic) bond motifs is 3. The summed E-state index contributed by atoms with van der Waals surface area (Å²) >= 11 is 18.3. The van der Waals surface area contributed by atoms with E-state index in [0.29, 0.717) is 44.8 Å². The number of rotatable bonds is 4. The van der Waals surface area contributed by atoms with Crippen LogP contribution in [0.5, 0.6) is 0 Å². The number of hydrogen-bond donors (Lipinski definition) is 1. The molecule has 3 aromatic rings. The topological polar surface area (TPSA) is 100 Å². The molecule has 0 bridgehead atoms. The normalized spacial score (nSPS) is 19.6. The molecule has 1 N–H and O–H groups in total. The van der Waals surface area contributed by atoms with Gasteiger partial charge in [0.25, 0.3) is 11.8 Å². The average molecular weight is 576 g/mol. The number of nitrogens with zero attached hydrogens (tertiary/aromatic N) is 5. The molecular weight excluding hydrogens is 551 g/mol. The molecule has 3 atom stereocenters. The zero-order chi connectivity index (χ0) is 27.3. The van der Waals surface area contributed by atoms with Crippen LogP contribution in [-0.4, -0.2) is 61.9 Å². The van der Waals surface area contributed by atoms with Crippen LogP contribution in [0, 0.1) is 0 Å². The van der Waals surface area contributed by atoms with Crippen LogP contribution in [0.15, 0.2) is 36.4 Å². The van der Waals surface area contributed by atoms with Crippen LogP contribution in [-0.2, 0) is 17.8 Å². The molecule has 0 radical (unpaired) electrons. The number of nitrogens with one attached hydrogen (secondary N) is 1. The summed E-state index contributed by atoms with van der Waals surface area (Å²) in [6.07, 6.45) is 0.432. The number of aromatic nitrogens is 3. The van der Waals surface area contributed by atoms with Gasteiger partial charge in [0.15, 0.2) is 0 Å². The first kappa shape index (κ1) is 26.5. The van der Waals surface area contributed by atoms with Crippen LogP contribution >= 0.6 is 34.8 Å². The average Bonchev–Trinajstić information content (AvgIpc) is 3.27. The Bertz CT molecular complexity index is 1460. The third kappa shape index (κ3) is 4.52. The van der Waals surface area contributed by atoms with Crippen LogP contribution in [0.4, 0.5) is 0 Å². The lowest BCUT2D eigenvalue weighted by molar-refractivity contribution is -0.125. The van der Waals surface area contributed by atoms with Crippen molar-refractivity contribution in [3.05, 3.63) is 79.8 Å².